The summed E-state index contributed by atoms with van der Waals surface area (Å²) >= 11 is 3.34. The summed E-state index contributed by atoms with van der Waals surface area (Å²) in [5.41, 5.74) is 1.43. The number of nitrogens with one attached hydrogen (secondary N) is 1. The molecule has 104 valence electrons. The Kier molecular flexibility index (Phi) is 4.19. The third-order valence-corrected chi connectivity index (χ3v) is 3.47. The summed E-state index contributed by atoms with van der Waals surface area (Å²) in [6.07, 6.45) is 1.70. The zero-order valence-corrected chi connectivity index (χ0v) is 12.2. The summed E-state index contributed by atoms with van der Waals surface area (Å²) in [6.45, 7) is 0.442. The first-order chi connectivity index (χ1) is 9.51. The van der Waals surface area contributed by atoms with E-state index in [4.69, 9.17) is 5.11 Å². The molecule has 0 aliphatic heterocycles. The van der Waals surface area contributed by atoms with Crippen LogP contribution in [0.5, 0.6) is 0 Å². The molecule has 1 heterocycles. The molecule has 20 heavy (non-hydrogen) atoms. The van der Waals surface area contributed by atoms with Gasteiger partial charge in [-0.2, -0.15) is 5.10 Å². The molecule has 0 radical (unpaired) electrons. The molecule has 0 spiro atoms. The summed E-state index contributed by atoms with van der Waals surface area (Å²) in [7, 11) is 1.54. The van der Waals surface area contributed by atoms with Crippen LogP contribution in [0.4, 0.5) is 0 Å². The number of carboxylic acid groups (broad SMARTS) is 1. The Bertz CT molecular complexity index is 667. The molecule has 2 N–H and O–H groups in total. The number of hydrogen-bond acceptors (Lipinski definition) is 3. The van der Waals surface area contributed by atoms with Crippen LogP contribution in [0, 0.1) is 0 Å². The largest absolute Gasteiger partial charge is 0.478 e. The summed E-state index contributed by atoms with van der Waals surface area (Å²) in [6, 6.07) is 6.42. The van der Waals surface area contributed by atoms with Gasteiger partial charge in [0.1, 0.15) is 5.69 Å². The van der Waals surface area contributed by atoms with Crippen molar-refractivity contribution in [2.24, 2.45) is 0 Å². The number of nitrogens with zero attached hydrogens (tertiary/aromatic N) is 2. The molecule has 0 fully saturated rings. The van der Waals surface area contributed by atoms with Crippen LogP contribution in [-0.4, -0.2) is 33.8 Å². The molecule has 1 amide bonds. The smallest absolute Gasteiger partial charge is 0.335 e. The molecule has 2 aromatic rings. The van der Waals surface area contributed by atoms with Crippen molar-refractivity contribution in [1.82, 2.24) is 15.1 Å². The van der Waals surface area contributed by atoms with Crippen LogP contribution in [0.15, 0.2) is 34.9 Å². The average molecular weight is 338 g/mol. The second-order valence-electron chi connectivity index (χ2n) is 4.09. The number of hydrogen-bond donors (Lipinski definition) is 2. The van der Waals surface area contributed by atoms with Gasteiger partial charge in [-0.3, -0.25) is 9.48 Å². The van der Waals surface area contributed by atoms with E-state index in [-0.39, 0.29) is 11.5 Å². The summed E-state index contributed by atoms with van der Waals surface area (Å²) < 4.78 is 2.31. The minimum atomic E-state index is -0.974. The van der Waals surface area contributed by atoms with Crippen molar-refractivity contribution in [3.8, 4) is 0 Å². The van der Waals surface area contributed by atoms with E-state index < -0.39 is 5.97 Å². The maximum Gasteiger partial charge on any atom is 0.335 e. The van der Waals surface area contributed by atoms with Crippen LogP contribution in [0.2, 0.25) is 0 Å². The second kappa shape index (κ2) is 5.87. The van der Waals surface area contributed by atoms with Crippen LogP contribution in [0.25, 0.3) is 0 Å². The molecule has 1 aromatic heterocycles. The predicted octanol–water partition coefficient (Wildman–Crippen LogP) is 1.75. The van der Waals surface area contributed by atoms with E-state index in [9.17, 15) is 9.59 Å². The van der Waals surface area contributed by atoms with Gasteiger partial charge in [0.15, 0.2) is 0 Å². The Morgan fingerprint density at radius 2 is 2.15 bits per heavy atom. The first kappa shape index (κ1) is 14.3. The first-order valence-electron chi connectivity index (χ1n) is 5.78. The fourth-order valence-corrected chi connectivity index (χ4v) is 2.19. The number of aromatic nitrogens is 2. The van der Waals surface area contributed by atoms with Crippen molar-refractivity contribution >= 4 is 27.8 Å². The van der Waals surface area contributed by atoms with Crippen molar-refractivity contribution in [3.05, 3.63) is 51.8 Å². The van der Waals surface area contributed by atoms with Gasteiger partial charge in [-0.15, -0.1) is 0 Å². The molecule has 0 unspecified atom stereocenters. The molecule has 6 nitrogen and oxygen atoms in total. The standard InChI is InChI=1S/C13H12BrN3O3/c1-15-12(18)11-4-5-17(16-11)7-9-3-2-8(13(19)20)6-10(9)14/h2-6H,7H2,1H3,(H,15,18)(H,19,20). The molecule has 0 atom stereocenters. The van der Waals surface area contributed by atoms with Gasteiger partial charge in [0.25, 0.3) is 5.91 Å². The minimum absolute atomic E-state index is 0.215. The van der Waals surface area contributed by atoms with Crippen LogP contribution >= 0.6 is 15.9 Å². The molecular weight excluding hydrogens is 326 g/mol. The lowest BCUT2D eigenvalue weighted by Gasteiger charge is -2.06. The van der Waals surface area contributed by atoms with E-state index in [1.807, 2.05) is 0 Å². The molecule has 0 saturated carbocycles. The summed E-state index contributed by atoms with van der Waals surface area (Å²) in [5.74, 6) is -1.22. The Morgan fingerprint density at radius 3 is 2.75 bits per heavy atom. The SMILES string of the molecule is CNC(=O)c1ccn(Cc2ccc(C(=O)O)cc2Br)n1. The van der Waals surface area contributed by atoms with Crippen molar-refractivity contribution < 1.29 is 14.7 Å². The number of rotatable bonds is 4. The molecule has 2 rings (SSSR count). The highest BCUT2D eigenvalue weighted by atomic mass is 79.9. The zero-order chi connectivity index (χ0) is 14.7. The van der Waals surface area contributed by atoms with Crippen LogP contribution in [-0.2, 0) is 6.54 Å². The van der Waals surface area contributed by atoms with E-state index in [1.54, 1.807) is 36.1 Å². The van der Waals surface area contributed by atoms with Crippen LogP contribution < -0.4 is 5.32 Å². The normalized spacial score (nSPS) is 10.3. The van der Waals surface area contributed by atoms with Gasteiger partial charge in [-0.05, 0) is 23.8 Å². The van der Waals surface area contributed by atoms with Gasteiger partial charge in [0.05, 0.1) is 12.1 Å². The van der Waals surface area contributed by atoms with Gasteiger partial charge in [-0.1, -0.05) is 22.0 Å². The highest BCUT2D eigenvalue weighted by molar-refractivity contribution is 9.10. The Balaban J connectivity index is 2.20. The van der Waals surface area contributed by atoms with E-state index in [2.05, 4.69) is 26.3 Å². The molecule has 0 saturated heterocycles. The quantitative estimate of drug-likeness (QED) is 0.890. The topological polar surface area (TPSA) is 84.2 Å². The second-order valence-corrected chi connectivity index (χ2v) is 4.94. The number of carboxylic acids is 1. The monoisotopic (exact) mass is 337 g/mol. The van der Waals surface area contributed by atoms with E-state index in [0.717, 1.165) is 5.56 Å². The highest BCUT2D eigenvalue weighted by Gasteiger charge is 2.10. The average Bonchev–Trinajstić information content (AvgIpc) is 2.88. The van der Waals surface area contributed by atoms with Gasteiger partial charge in [0.2, 0.25) is 0 Å². The Hall–Kier alpha value is -2.15. The summed E-state index contributed by atoms with van der Waals surface area (Å²) in [5, 5.41) is 15.5. The maximum absolute atomic E-state index is 11.4. The lowest BCUT2D eigenvalue weighted by molar-refractivity contribution is 0.0696. The van der Waals surface area contributed by atoms with Crippen molar-refractivity contribution in [1.29, 1.82) is 0 Å². The first-order valence-corrected chi connectivity index (χ1v) is 6.58. The lowest BCUT2D eigenvalue weighted by atomic mass is 10.1. The third kappa shape index (κ3) is 3.05. The van der Waals surface area contributed by atoms with Gasteiger partial charge < -0.3 is 10.4 Å². The molecular formula is C13H12BrN3O3. The van der Waals surface area contributed by atoms with E-state index in [1.165, 1.54) is 6.07 Å². The zero-order valence-electron chi connectivity index (χ0n) is 10.6. The fourth-order valence-electron chi connectivity index (χ4n) is 1.68. The molecule has 0 aliphatic rings. The number of carbonyl (C=O) groups is 2. The molecule has 1 aromatic carbocycles. The van der Waals surface area contributed by atoms with Crippen molar-refractivity contribution in [3.63, 3.8) is 0 Å². The third-order valence-electron chi connectivity index (χ3n) is 2.73. The molecule has 0 bridgehead atoms. The van der Waals surface area contributed by atoms with Gasteiger partial charge in [-0.25, -0.2) is 4.79 Å². The molecule has 7 heteroatoms. The Labute approximate surface area is 123 Å². The van der Waals surface area contributed by atoms with E-state index in [0.29, 0.717) is 16.7 Å². The van der Waals surface area contributed by atoms with E-state index >= 15 is 0 Å². The predicted molar refractivity (Wildman–Crippen MR) is 75.8 cm³/mol. The number of aromatic carboxylic acids is 1. The summed E-state index contributed by atoms with van der Waals surface area (Å²) in [4.78, 5) is 22.3. The number of amides is 1. The number of halogens is 1. The fraction of sp³-hybridized carbons (Fsp3) is 0.154. The minimum Gasteiger partial charge on any atom is -0.478 e. The van der Waals surface area contributed by atoms with Gasteiger partial charge >= 0.3 is 5.97 Å². The Morgan fingerprint density at radius 1 is 1.40 bits per heavy atom. The van der Waals surface area contributed by atoms with Crippen LogP contribution in [0.1, 0.15) is 26.4 Å². The van der Waals surface area contributed by atoms with Crippen LogP contribution in [0.3, 0.4) is 0 Å². The highest BCUT2D eigenvalue weighted by Crippen LogP contribution is 2.19. The molecule has 0 aliphatic carbocycles. The number of benzene rings is 1. The van der Waals surface area contributed by atoms with Crippen molar-refractivity contribution in [2.45, 2.75) is 6.54 Å². The lowest BCUT2D eigenvalue weighted by Crippen LogP contribution is -2.18. The maximum atomic E-state index is 11.4. The number of carbonyl (C=O) groups excluding carboxylic acids is 1. The van der Waals surface area contributed by atoms with Crippen molar-refractivity contribution in [2.75, 3.05) is 7.05 Å². The van der Waals surface area contributed by atoms with Gasteiger partial charge in [0, 0.05) is 17.7 Å².